The van der Waals surface area contributed by atoms with Gasteiger partial charge in [0.1, 0.15) is 5.38 Å². The molecule has 1 atom stereocenters. The van der Waals surface area contributed by atoms with E-state index in [1.54, 1.807) is 0 Å². The van der Waals surface area contributed by atoms with Gasteiger partial charge in [0.25, 0.3) is 0 Å². The Morgan fingerprint density at radius 3 is 2.45 bits per heavy atom. The van der Waals surface area contributed by atoms with Gasteiger partial charge in [0.15, 0.2) is 0 Å². The highest BCUT2D eigenvalue weighted by molar-refractivity contribution is 6.35. The third kappa shape index (κ3) is 5.33. The Labute approximate surface area is 76.8 Å². The quantitative estimate of drug-likeness (QED) is 0.511. The van der Waals surface area contributed by atoms with Gasteiger partial charge in [-0.15, -0.1) is 23.2 Å². The van der Waals surface area contributed by atoms with E-state index in [0.717, 1.165) is 0 Å². The number of carbonyl (C=O) groups is 1. The van der Waals surface area contributed by atoms with E-state index in [4.69, 9.17) is 27.9 Å². The minimum atomic E-state index is -0.713. The Balaban J connectivity index is 3.52. The molecule has 0 aliphatic heterocycles. The van der Waals surface area contributed by atoms with Crippen molar-refractivity contribution in [2.24, 2.45) is 5.92 Å². The SMILES string of the molecule is CC(C)COC(=O)[C@@H](Cl)CCl. The van der Waals surface area contributed by atoms with Crippen LogP contribution in [0.15, 0.2) is 0 Å². The molecule has 2 nitrogen and oxygen atoms in total. The highest BCUT2D eigenvalue weighted by Gasteiger charge is 2.15. The Morgan fingerprint density at radius 1 is 1.55 bits per heavy atom. The first-order valence-corrected chi connectivity index (χ1v) is 4.41. The van der Waals surface area contributed by atoms with Gasteiger partial charge in [-0.2, -0.15) is 0 Å². The lowest BCUT2D eigenvalue weighted by Crippen LogP contribution is -2.21. The van der Waals surface area contributed by atoms with Crippen LogP contribution < -0.4 is 0 Å². The van der Waals surface area contributed by atoms with Gasteiger partial charge in [0, 0.05) is 5.88 Å². The van der Waals surface area contributed by atoms with Crippen LogP contribution in [0.2, 0.25) is 0 Å². The smallest absolute Gasteiger partial charge is 0.325 e. The summed E-state index contributed by atoms with van der Waals surface area (Å²) in [6.07, 6.45) is 0. The van der Waals surface area contributed by atoms with Gasteiger partial charge < -0.3 is 4.74 Å². The summed E-state index contributed by atoms with van der Waals surface area (Å²) in [7, 11) is 0. The molecule has 0 saturated carbocycles. The van der Waals surface area contributed by atoms with Crippen LogP contribution in [-0.2, 0) is 9.53 Å². The van der Waals surface area contributed by atoms with Crippen LogP contribution in [0.3, 0.4) is 0 Å². The van der Waals surface area contributed by atoms with Crippen molar-refractivity contribution in [2.75, 3.05) is 12.5 Å². The van der Waals surface area contributed by atoms with Gasteiger partial charge in [-0.25, -0.2) is 0 Å². The van der Waals surface area contributed by atoms with E-state index < -0.39 is 11.3 Å². The van der Waals surface area contributed by atoms with Crippen LogP contribution >= 0.6 is 23.2 Å². The van der Waals surface area contributed by atoms with E-state index in [1.165, 1.54) is 0 Å². The zero-order valence-corrected chi connectivity index (χ0v) is 8.15. The fourth-order valence-electron chi connectivity index (χ4n) is 0.402. The third-order valence-electron chi connectivity index (χ3n) is 0.950. The molecule has 0 amide bonds. The summed E-state index contributed by atoms with van der Waals surface area (Å²) in [5, 5.41) is -0.713. The molecular formula is C7H12Cl2O2. The van der Waals surface area contributed by atoms with Crippen molar-refractivity contribution < 1.29 is 9.53 Å². The van der Waals surface area contributed by atoms with E-state index >= 15 is 0 Å². The molecule has 0 rings (SSSR count). The van der Waals surface area contributed by atoms with Crippen molar-refractivity contribution in [3.05, 3.63) is 0 Å². The van der Waals surface area contributed by atoms with Crippen LogP contribution in [0.5, 0.6) is 0 Å². The maximum atomic E-state index is 10.8. The van der Waals surface area contributed by atoms with Gasteiger partial charge in [0.05, 0.1) is 6.61 Å². The molecule has 0 aromatic heterocycles. The fourth-order valence-corrected chi connectivity index (χ4v) is 0.591. The molecule has 0 saturated heterocycles. The zero-order valence-electron chi connectivity index (χ0n) is 6.64. The zero-order chi connectivity index (χ0) is 8.85. The van der Waals surface area contributed by atoms with E-state index in [9.17, 15) is 4.79 Å². The maximum Gasteiger partial charge on any atom is 0.325 e. The topological polar surface area (TPSA) is 26.3 Å². The first-order chi connectivity index (χ1) is 5.07. The van der Waals surface area contributed by atoms with Crippen molar-refractivity contribution >= 4 is 29.2 Å². The van der Waals surface area contributed by atoms with E-state index in [2.05, 4.69) is 0 Å². The summed E-state index contributed by atoms with van der Waals surface area (Å²) >= 11 is 10.8. The highest BCUT2D eigenvalue weighted by atomic mass is 35.5. The minimum absolute atomic E-state index is 0.0957. The lowest BCUT2D eigenvalue weighted by atomic mass is 10.2. The van der Waals surface area contributed by atoms with Crippen LogP contribution in [0.25, 0.3) is 0 Å². The van der Waals surface area contributed by atoms with E-state index in [0.29, 0.717) is 12.5 Å². The van der Waals surface area contributed by atoms with Crippen LogP contribution in [0.1, 0.15) is 13.8 Å². The van der Waals surface area contributed by atoms with Crippen molar-refractivity contribution in [1.82, 2.24) is 0 Å². The Bertz CT molecular complexity index is 126. The van der Waals surface area contributed by atoms with Gasteiger partial charge in [-0.1, -0.05) is 13.8 Å². The molecule has 0 heterocycles. The molecule has 0 radical (unpaired) electrons. The van der Waals surface area contributed by atoms with Crippen LogP contribution in [-0.4, -0.2) is 23.8 Å². The largest absolute Gasteiger partial charge is 0.464 e. The molecule has 0 spiro atoms. The van der Waals surface area contributed by atoms with E-state index in [1.807, 2.05) is 13.8 Å². The average molecular weight is 199 g/mol. The summed E-state index contributed by atoms with van der Waals surface area (Å²) in [5.41, 5.74) is 0. The number of ether oxygens (including phenoxy) is 1. The molecule has 0 aromatic rings. The summed E-state index contributed by atoms with van der Waals surface area (Å²) < 4.78 is 4.80. The number of hydrogen-bond donors (Lipinski definition) is 0. The third-order valence-corrected chi connectivity index (χ3v) is 1.75. The fraction of sp³-hybridized carbons (Fsp3) is 0.857. The summed E-state index contributed by atoms with van der Waals surface area (Å²) in [6, 6.07) is 0. The number of esters is 1. The Morgan fingerprint density at radius 2 is 2.09 bits per heavy atom. The second kappa shape index (κ2) is 5.67. The normalized spacial score (nSPS) is 13.2. The van der Waals surface area contributed by atoms with Gasteiger partial charge in [-0.05, 0) is 5.92 Å². The molecule has 0 fully saturated rings. The first kappa shape index (κ1) is 11.1. The average Bonchev–Trinajstić information content (AvgIpc) is 1.98. The lowest BCUT2D eigenvalue weighted by molar-refractivity contribution is -0.143. The molecule has 4 heteroatoms. The predicted octanol–water partition coefficient (Wildman–Crippen LogP) is 2.03. The molecule has 0 aromatic carbocycles. The number of alkyl halides is 2. The molecule has 0 aliphatic carbocycles. The van der Waals surface area contributed by atoms with Crippen molar-refractivity contribution in [1.29, 1.82) is 0 Å². The second-order valence-corrected chi connectivity index (χ2v) is 3.48. The molecule has 0 aliphatic rings. The van der Waals surface area contributed by atoms with Gasteiger partial charge in [0.2, 0.25) is 0 Å². The van der Waals surface area contributed by atoms with Gasteiger partial charge in [-0.3, -0.25) is 4.79 Å². The van der Waals surface area contributed by atoms with E-state index in [-0.39, 0.29) is 5.88 Å². The highest BCUT2D eigenvalue weighted by Crippen LogP contribution is 2.03. The summed E-state index contributed by atoms with van der Waals surface area (Å²) in [6.45, 7) is 4.31. The molecule has 0 N–H and O–H groups in total. The Hall–Kier alpha value is 0.0500. The number of carbonyl (C=O) groups excluding carboxylic acids is 1. The lowest BCUT2D eigenvalue weighted by Gasteiger charge is -2.08. The number of rotatable bonds is 4. The maximum absolute atomic E-state index is 10.8. The van der Waals surface area contributed by atoms with Crippen LogP contribution in [0, 0.1) is 5.92 Å². The van der Waals surface area contributed by atoms with Crippen LogP contribution in [0.4, 0.5) is 0 Å². The van der Waals surface area contributed by atoms with Crippen molar-refractivity contribution in [2.45, 2.75) is 19.2 Å². The second-order valence-electron chi connectivity index (χ2n) is 2.65. The first-order valence-electron chi connectivity index (χ1n) is 3.44. The molecule has 0 unspecified atom stereocenters. The number of halogens is 2. The predicted molar refractivity (Wildman–Crippen MR) is 46.2 cm³/mol. The standard InChI is InChI=1S/C7H12Cl2O2/c1-5(2)4-11-7(10)6(9)3-8/h5-6H,3-4H2,1-2H3/t6-/m0/s1. The molecule has 11 heavy (non-hydrogen) atoms. The molecular weight excluding hydrogens is 187 g/mol. The molecule has 66 valence electrons. The summed E-state index contributed by atoms with van der Waals surface area (Å²) in [5.74, 6) is -0.00751. The Kier molecular flexibility index (Phi) is 5.69. The monoisotopic (exact) mass is 198 g/mol. The minimum Gasteiger partial charge on any atom is -0.464 e. The summed E-state index contributed by atoms with van der Waals surface area (Å²) in [4.78, 5) is 10.8. The van der Waals surface area contributed by atoms with Crippen molar-refractivity contribution in [3.63, 3.8) is 0 Å². The number of hydrogen-bond acceptors (Lipinski definition) is 2. The van der Waals surface area contributed by atoms with Crippen molar-refractivity contribution in [3.8, 4) is 0 Å². The van der Waals surface area contributed by atoms with Gasteiger partial charge >= 0.3 is 5.97 Å². The molecule has 0 bridgehead atoms.